The zero-order valence-electron chi connectivity index (χ0n) is 10.9. The van der Waals surface area contributed by atoms with Crippen molar-refractivity contribution in [2.24, 2.45) is 0 Å². The van der Waals surface area contributed by atoms with Gasteiger partial charge in [-0.3, -0.25) is 4.79 Å². The number of nitrogens with one attached hydrogen (secondary N) is 2. The highest BCUT2D eigenvalue weighted by atomic mass is 32.1. The maximum atomic E-state index is 11.6. The average Bonchev–Trinajstić information content (AvgIpc) is 3.19. The van der Waals surface area contributed by atoms with Crippen molar-refractivity contribution in [2.75, 3.05) is 26.2 Å². The number of carbonyl (C=O) groups is 1. The molecule has 18 heavy (non-hydrogen) atoms. The van der Waals surface area contributed by atoms with Crippen LogP contribution in [0.15, 0.2) is 0 Å². The fraction of sp³-hybridized carbons (Fsp3) is 0.846. The SMILES string of the molecule is O=C(NCCCN1CCCCC1)C(=S)NC1CC1. The summed E-state index contributed by atoms with van der Waals surface area (Å²) >= 11 is 5.03. The van der Waals surface area contributed by atoms with Gasteiger partial charge in [0.15, 0.2) is 4.99 Å². The van der Waals surface area contributed by atoms with Gasteiger partial charge in [-0.2, -0.15) is 0 Å². The Labute approximate surface area is 114 Å². The van der Waals surface area contributed by atoms with Crippen LogP contribution in [0.2, 0.25) is 0 Å². The Morgan fingerprint density at radius 3 is 2.61 bits per heavy atom. The van der Waals surface area contributed by atoms with Crippen molar-refractivity contribution in [2.45, 2.75) is 44.6 Å². The summed E-state index contributed by atoms with van der Waals surface area (Å²) in [4.78, 5) is 14.5. The van der Waals surface area contributed by atoms with Crippen molar-refractivity contribution >= 4 is 23.1 Å². The van der Waals surface area contributed by atoms with Gasteiger partial charge in [-0.25, -0.2) is 0 Å². The molecule has 2 rings (SSSR count). The van der Waals surface area contributed by atoms with E-state index in [1.54, 1.807) is 0 Å². The van der Waals surface area contributed by atoms with E-state index in [4.69, 9.17) is 12.2 Å². The summed E-state index contributed by atoms with van der Waals surface area (Å²) < 4.78 is 0. The van der Waals surface area contributed by atoms with E-state index in [1.165, 1.54) is 32.4 Å². The third-order valence-corrected chi connectivity index (χ3v) is 3.81. The Bertz CT molecular complexity index is 299. The molecule has 0 bridgehead atoms. The van der Waals surface area contributed by atoms with E-state index in [0.717, 1.165) is 32.4 Å². The van der Waals surface area contributed by atoms with E-state index < -0.39 is 0 Å². The van der Waals surface area contributed by atoms with Gasteiger partial charge >= 0.3 is 0 Å². The molecule has 0 aromatic heterocycles. The van der Waals surface area contributed by atoms with E-state index in [2.05, 4.69) is 15.5 Å². The summed E-state index contributed by atoms with van der Waals surface area (Å²) in [5.74, 6) is -0.115. The summed E-state index contributed by atoms with van der Waals surface area (Å²) in [5.41, 5.74) is 0. The van der Waals surface area contributed by atoms with Crippen LogP contribution in [-0.4, -0.2) is 48.0 Å². The highest BCUT2D eigenvalue weighted by Crippen LogP contribution is 2.18. The second-order valence-electron chi connectivity index (χ2n) is 5.26. The minimum atomic E-state index is -0.115. The number of hydrogen-bond donors (Lipinski definition) is 2. The Morgan fingerprint density at radius 2 is 1.94 bits per heavy atom. The summed E-state index contributed by atoms with van der Waals surface area (Å²) in [6.07, 6.45) is 7.31. The van der Waals surface area contributed by atoms with Gasteiger partial charge in [-0.05, 0) is 51.7 Å². The molecule has 1 saturated heterocycles. The number of nitrogens with zero attached hydrogens (tertiary/aromatic N) is 1. The van der Waals surface area contributed by atoms with Crippen molar-refractivity contribution < 1.29 is 4.79 Å². The van der Waals surface area contributed by atoms with Gasteiger partial charge < -0.3 is 15.5 Å². The maximum absolute atomic E-state index is 11.6. The molecular weight excluding hydrogens is 246 g/mol. The first-order valence-corrected chi connectivity index (χ1v) is 7.47. The molecule has 102 valence electrons. The smallest absolute Gasteiger partial charge is 0.278 e. The average molecular weight is 269 g/mol. The Morgan fingerprint density at radius 1 is 1.22 bits per heavy atom. The van der Waals surface area contributed by atoms with Crippen LogP contribution in [0, 0.1) is 0 Å². The van der Waals surface area contributed by atoms with Gasteiger partial charge in [0.25, 0.3) is 5.91 Å². The number of hydrogen-bond acceptors (Lipinski definition) is 3. The summed E-state index contributed by atoms with van der Waals surface area (Å²) in [7, 11) is 0. The summed E-state index contributed by atoms with van der Waals surface area (Å²) in [5, 5.41) is 5.94. The maximum Gasteiger partial charge on any atom is 0.278 e. The van der Waals surface area contributed by atoms with Gasteiger partial charge in [0.05, 0.1) is 0 Å². The van der Waals surface area contributed by atoms with Crippen molar-refractivity contribution in [3.8, 4) is 0 Å². The predicted molar refractivity (Wildman–Crippen MR) is 76.7 cm³/mol. The lowest BCUT2D eigenvalue weighted by Crippen LogP contribution is -2.40. The van der Waals surface area contributed by atoms with E-state index >= 15 is 0 Å². The highest BCUT2D eigenvalue weighted by Gasteiger charge is 2.23. The highest BCUT2D eigenvalue weighted by molar-refractivity contribution is 7.82. The largest absolute Gasteiger partial charge is 0.369 e. The molecule has 1 heterocycles. The first kappa shape index (κ1) is 13.7. The topological polar surface area (TPSA) is 44.4 Å². The Kier molecular flexibility index (Phi) is 5.38. The Hall–Kier alpha value is -0.680. The zero-order valence-corrected chi connectivity index (χ0v) is 11.7. The van der Waals surface area contributed by atoms with Crippen LogP contribution < -0.4 is 10.6 Å². The van der Waals surface area contributed by atoms with Crippen LogP contribution in [-0.2, 0) is 4.79 Å². The lowest BCUT2D eigenvalue weighted by Gasteiger charge is -2.26. The third-order valence-electron chi connectivity index (χ3n) is 3.50. The predicted octanol–water partition coefficient (Wildman–Crippen LogP) is 1.06. The molecule has 0 unspecified atom stereocenters. The van der Waals surface area contributed by atoms with Crippen LogP contribution in [0.5, 0.6) is 0 Å². The number of likely N-dealkylation sites (tertiary alicyclic amines) is 1. The molecule has 0 radical (unpaired) electrons. The van der Waals surface area contributed by atoms with Crippen LogP contribution in [0.25, 0.3) is 0 Å². The molecular formula is C13H23N3OS. The van der Waals surface area contributed by atoms with Crippen LogP contribution in [0.1, 0.15) is 38.5 Å². The molecule has 1 aliphatic heterocycles. The second kappa shape index (κ2) is 7.04. The number of carbonyl (C=O) groups excluding carboxylic acids is 1. The van der Waals surface area contributed by atoms with E-state index in [-0.39, 0.29) is 5.91 Å². The lowest BCUT2D eigenvalue weighted by atomic mass is 10.1. The van der Waals surface area contributed by atoms with Crippen molar-refractivity contribution in [1.29, 1.82) is 0 Å². The van der Waals surface area contributed by atoms with Crippen molar-refractivity contribution in [1.82, 2.24) is 15.5 Å². The first-order valence-electron chi connectivity index (χ1n) is 7.07. The normalized spacial score (nSPS) is 20.4. The number of amides is 1. The molecule has 0 spiro atoms. The standard InChI is InChI=1S/C13H23N3OS/c17-12(13(18)15-11-5-6-11)14-7-4-10-16-8-2-1-3-9-16/h11H,1-10H2,(H,14,17)(H,15,18). The minimum Gasteiger partial charge on any atom is -0.369 e. The number of piperidine rings is 1. The Balaban J connectivity index is 1.51. The summed E-state index contributed by atoms with van der Waals surface area (Å²) in [6.45, 7) is 4.25. The molecule has 0 aromatic rings. The molecule has 0 aromatic carbocycles. The molecule has 5 heteroatoms. The molecule has 2 fully saturated rings. The van der Waals surface area contributed by atoms with Gasteiger partial charge in [0.2, 0.25) is 0 Å². The lowest BCUT2D eigenvalue weighted by molar-refractivity contribution is -0.114. The molecule has 2 N–H and O–H groups in total. The molecule has 0 atom stereocenters. The number of thiocarbonyl (C=S) groups is 1. The molecule has 4 nitrogen and oxygen atoms in total. The summed E-state index contributed by atoms with van der Waals surface area (Å²) in [6, 6.07) is 0.455. The van der Waals surface area contributed by atoms with Crippen LogP contribution in [0.3, 0.4) is 0 Å². The quantitative estimate of drug-likeness (QED) is 0.578. The second-order valence-corrected chi connectivity index (χ2v) is 5.67. The molecule has 1 saturated carbocycles. The third kappa shape index (κ3) is 4.90. The monoisotopic (exact) mass is 269 g/mol. The van der Waals surface area contributed by atoms with Gasteiger partial charge in [0.1, 0.15) is 0 Å². The van der Waals surface area contributed by atoms with Gasteiger partial charge in [0, 0.05) is 12.6 Å². The van der Waals surface area contributed by atoms with Gasteiger partial charge in [-0.1, -0.05) is 18.6 Å². The van der Waals surface area contributed by atoms with Crippen molar-refractivity contribution in [3.05, 3.63) is 0 Å². The van der Waals surface area contributed by atoms with Crippen LogP contribution >= 0.6 is 12.2 Å². The molecule has 2 aliphatic rings. The fourth-order valence-corrected chi connectivity index (χ4v) is 2.49. The van der Waals surface area contributed by atoms with Gasteiger partial charge in [-0.15, -0.1) is 0 Å². The van der Waals surface area contributed by atoms with E-state index in [9.17, 15) is 4.79 Å². The first-order chi connectivity index (χ1) is 8.75. The fourth-order valence-electron chi connectivity index (χ4n) is 2.25. The minimum absolute atomic E-state index is 0.115. The molecule has 1 aliphatic carbocycles. The van der Waals surface area contributed by atoms with E-state index in [1.807, 2.05) is 0 Å². The van der Waals surface area contributed by atoms with Crippen molar-refractivity contribution in [3.63, 3.8) is 0 Å². The molecule has 1 amide bonds. The van der Waals surface area contributed by atoms with Crippen LogP contribution in [0.4, 0.5) is 0 Å². The van der Waals surface area contributed by atoms with E-state index in [0.29, 0.717) is 11.0 Å². The number of rotatable bonds is 5. The zero-order chi connectivity index (χ0) is 12.8.